The molecule has 0 heterocycles. The number of carbonyl (C=O) groups is 2. The maximum atomic E-state index is 12.5. The Bertz CT molecular complexity index is 1340. The molecule has 3 aromatic carbocycles. The van der Waals surface area contributed by atoms with Crippen molar-refractivity contribution in [3.63, 3.8) is 0 Å². The second-order valence-corrected chi connectivity index (χ2v) is 10.6. The highest BCUT2D eigenvalue weighted by molar-refractivity contribution is 7.89. The Hall–Kier alpha value is -3.23. The van der Waals surface area contributed by atoms with Gasteiger partial charge in [0, 0.05) is 6.54 Å². The van der Waals surface area contributed by atoms with Gasteiger partial charge in [0.1, 0.15) is 0 Å². The van der Waals surface area contributed by atoms with Gasteiger partial charge in [-0.2, -0.15) is 0 Å². The van der Waals surface area contributed by atoms with Crippen LogP contribution in [-0.2, 0) is 37.2 Å². The van der Waals surface area contributed by atoms with Crippen molar-refractivity contribution in [3.8, 4) is 0 Å². The van der Waals surface area contributed by atoms with Crippen molar-refractivity contribution < 1.29 is 22.7 Å². The summed E-state index contributed by atoms with van der Waals surface area (Å²) in [6.45, 7) is 1.36. The van der Waals surface area contributed by atoms with Crippen LogP contribution in [0.25, 0.3) is 10.8 Å². The third-order valence-corrected chi connectivity index (χ3v) is 7.73. The van der Waals surface area contributed by atoms with Crippen molar-refractivity contribution in [3.05, 3.63) is 77.4 Å². The van der Waals surface area contributed by atoms with Crippen LogP contribution in [0.1, 0.15) is 48.9 Å². The lowest BCUT2D eigenvalue weighted by Crippen LogP contribution is -2.32. The fraction of sp³-hybridized carbons (Fsp3) is 0.333. The van der Waals surface area contributed by atoms with Gasteiger partial charge in [0.15, 0.2) is 6.61 Å². The number of esters is 1. The third kappa shape index (κ3) is 6.46. The molecular weight excluding hydrogens is 464 g/mol. The van der Waals surface area contributed by atoms with Gasteiger partial charge in [-0.3, -0.25) is 9.59 Å². The van der Waals surface area contributed by atoms with Crippen LogP contribution in [0, 0.1) is 0 Å². The second-order valence-electron chi connectivity index (χ2n) is 8.84. The molecule has 0 bridgehead atoms. The van der Waals surface area contributed by atoms with Crippen molar-refractivity contribution >= 4 is 32.7 Å². The zero-order chi connectivity index (χ0) is 24.8. The topological polar surface area (TPSA) is 102 Å². The molecule has 8 heteroatoms. The van der Waals surface area contributed by atoms with Crippen LogP contribution in [-0.4, -0.2) is 33.4 Å². The number of ether oxygens (including phenoxy) is 1. The van der Waals surface area contributed by atoms with Gasteiger partial charge in [-0.1, -0.05) is 48.5 Å². The molecule has 0 saturated carbocycles. The first-order valence-corrected chi connectivity index (χ1v) is 13.4. The first-order chi connectivity index (χ1) is 16.8. The quantitative estimate of drug-likeness (QED) is 0.441. The van der Waals surface area contributed by atoms with Gasteiger partial charge in [0.2, 0.25) is 10.0 Å². The fourth-order valence-corrected chi connectivity index (χ4v) is 5.38. The van der Waals surface area contributed by atoms with Gasteiger partial charge in [-0.25, -0.2) is 13.1 Å². The molecule has 0 aliphatic heterocycles. The van der Waals surface area contributed by atoms with Gasteiger partial charge >= 0.3 is 5.97 Å². The molecular formula is C27H30N2O5S. The molecule has 184 valence electrons. The third-order valence-electron chi connectivity index (χ3n) is 6.27. The van der Waals surface area contributed by atoms with E-state index in [2.05, 4.69) is 22.2 Å². The van der Waals surface area contributed by atoms with E-state index in [0.717, 1.165) is 29.2 Å². The molecule has 0 fully saturated rings. The molecule has 0 radical (unpaired) electrons. The summed E-state index contributed by atoms with van der Waals surface area (Å²) in [5, 5.41) is 4.60. The first kappa shape index (κ1) is 24.9. The molecule has 1 aliphatic rings. The predicted octanol–water partition coefficient (Wildman–Crippen LogP) is 3.81. The highest BCUT2D eigenvalue weighted by Gasteiger charge is 2.17. The number of amides is 1. The van der Waals surface area contributed by atoms with Gasteiger partial charge in [-0.15, -0.1) is 0 Å². The Morgan fingerprint density at radius 1 is 0.943 bits per heavy atom. The van der Waals surface area contributed by atoms with Crippen LogP contribution in [0.2, 0.25) is 0 Å². The lowest BCUT2D eigenvalue weighted by molar-refractivity contribution is -0.148. The van der Waals surface area contributed by atoms with Crippen LogP contribution in [0.3, 0.4) is 0 Å². The number of fused-ring (bicyclic) bond motifs is 2. The average molecular weight is 495 g/mol. The minimum absolute atomic E-state index is 0.124. The smallest absolute Gasteiger partial charge is 0.307 e. The molecule has 1 atom stereocenters. The number of carbonyl (C=O) groups excluding carboxylic acids is 2. The Kier molecular flexibility index (Phi) is 7.83. The average Bonchev–Trinajstić information content (AvgIpc) is 2.86. The van der Waals surface area contributed by atoms with Crippen LogP contribution in [0.4, 0.5) is 0 Å². The van der Waals surface area contributed by atoms with E-state index in [1.807, 2.05) is 37.3 Å². The molecule has 35 heavy (non-hydrogen) atoms. The monoisotopic (exact) mass is 494 g/mol. The molecule has 3 aromatic rings. The van der Waals surface area contributed by atoms with Crippen molar-refractivity contribution in [1.82, 2.24) is 10.0 Å². The largest absolute Gasteiger partial charge is 0.456 e. The fourth-order valence-electron chi connectivity index (χ4n) is 4.31. The molecule has 0 aromatic heterocycles. The summed E-state index contributed by atoms with van der Waals surface area (Å²) in [6.07, 6.45) is 4.39. The summed E-state index contributed by atoms with van der Waals surface area (Å²) in [6, 6.07) is 18.4. The van der Waals surface area contributed by atoms with Crippen molar-refractivity contribution in [2.45, 2.75) is 50.0 Å². The summed E-state index contributed by atoms with van der Waals surface area (Å²) < 4.78 is 32.5. The van der Waals surface area contributed by atoms with Crippen LogP contribution in [0.5, 0.6) is 0 Å². The molecule has 0 saturated heterocycles. The highest BCUT2D eigenvalue weighted by Crippen LogP contribution is 2.24. The van der Waals surface area contributed by atoms with Crippen LogP contribution in [0.15, 0.2) is 65.6 Å². The second kappa shape index (κ2) is 11.0. The Morgan fingerprint density at radius 2 is 1.69 bits per heavy atom. The van der Waals surface area contributed by atoms with E-state index < -0.39 is 28.5 Å². The SMILES string of the molecule is CC(NC(=O)COC(=O)CCNS(=O)(=O)c1ccc2ccccc2c1)c1ccc2c(c1)CCCC2. The van der Waals surface area contributed by atoms with Crippen molar-refractivity contribution in [2.24, 2.45) is 0 Å². The summed E-state index contributed by atoms with van der Waals surface area (Å²) in [5.74, 6) is -1.05. The van der Waals surface area contributed by atoms with Crippen molar-refractivity contribution in [2.75, 3.05) is 13.2 Å². The van der Waals surface area contributed by atoms with E-state index in [-0.39, 0.29) is 23.9 Å². The molecule has 7 nitrogen and oxygen atoms in total. The van der Waals surface area contributed by atoms with Gasteiger partial charge < -0.3 is 10.1 Å². The Labute approximate surface area is 205 Å². The maximum absolute atomic E-state index is 12.5. The Morgan fingerprint density at radius 3 is 2.49 bits per heavy atom. The van der Waals surface area contributed by atoms with E-state index in [9.17, 15) is 18.0 Å². The maximum Gasteiger partial charge on any atom is 0.307 e. The number of aryl methyl sites for hydroxylation is 2. The molecule has 1 aliphatic carbocycles. The molecule has 1 unspecified atom stereocenters. The number of rotatable bonds is 9. The van der Waals surface area contributed by atoms with Crippen molar-refractivity contribution in [1.29, 1.82) is 0 Å². The number of nitrogens with one attached hydrogen (secondary N) is 2. The lowest BCUT2D eigenvalue weighted by atomic mass is 9.89. The highest BCUT2D eigenvalue weighted by atomic mass is 32.2. The van der Waals surface area contributed by atoms with Crippen LogP contribution >= 0.6 is 0 Å². The number of benzene rings is 3. The number of sulfonamides is 1. The number of hydrogen-bond acceptors (Lipinski definition) is 5. The first-order valence-electron chi connectivity index (χ1n) is 11.9. The van der Waals surface area contributed by atoms with E-state index in [1.165, 1.54) is 30.0 Å². The van der Waals surface area contributed by atoms with Gasteiger partial charge in [0.05, 0.1) is 17.4 Å². The minimum Gasteiger partial charge on any atom is -0.456 e. The standard InChI is InChI=1S/C27H30N2O5S/c1-19(22-11-10-20-6-2-4-8-23(20)16-22)29-26(30)18-34-27(31)14-15-28-35(32,33)25-13-12-21-7-3-5-9-24(21)17-25/h3,5,7,9-13,16-17,19,28H,2,4,6,8,14-15,18H2,1H3,(H,29,30). The van der Waals surface area contributed by atoms with Crippen LogP contribution < -0.4 is 10.0 Å². The van der Waals surface area contributed by atoms with E-state index >= 15 is 0 Å². The summed E-state index contributed by atoms with van der Waals surface area (Å²) in [5.41, 5.74) is 3.74. The minimum atomic E-state index is -3.77. The lowest BCUT2D eigenvalue weighted by Gasteiger charge is -2.20. The van der Waals surface area contributed by atoms with E-state index in [4.69, 9.17) is 4.74 Å². The summed E-state index contributed by atoms with van der Waals surface area (Å²) >= 11 is 0. The zero-order valence-corrected chi connectivity index (χ0v) is 20.6. The Balaban J connectivity index is 1.21. The van der Waals surface area contributed by atoms with E-state index in [1.54, 1.807) is 12.1 Å². The zero-order valence-electron chi connectivity index (χ0n) is 19.8. The number of hydrogen-bond donors (Lipinski definition) is 2. The van der Waals surface area contributed by atoms with Gasteiger partial charge in [-0.05, 0) is 72.2 Å². The molecule has 1 amide bonds. The normalized spacial score (nSPS) is 14.2. The molecule has 4 rings (SSSR count). The molecule has 0 spiro atoms. The summed E-state index contributed by atoms with van der Waals surface area (Å²) in [7, 11) is -3.77. The van der Waals surface area contributed by atoms with E-state index in [0.29, 0.717) is 0 Å². The summed E-state index contributed by atoms with van der Waals surface area (Å²) in [4.78, 5) is 24.4. The predicted molar refractivity (Wildman–Crippen MR) is 134 cm³/mol. The van der Waals surface area contributed by atoms with Gasteiger partial charge in [0.25, 0.3) is 5.91 Å². The molecule has 2 N–H and O–H groups in total.